The molecular formula is C26H22ClN3O3S2. The Balaban J connectivity index is 1.41. The molecule has 0 bridgehead atoms. The number of ether oxygens (including phenoxy) is 1. The zero-order valence-corrected chi connectivity index (χ0v) is 21.4. The molecule has 1 fully saturated rings. The Bertz CT molecular complexity index is 1290. The molecule has 1 N–H and O–H groups in total. The highest BCUT2D eigenvalue weighted by Crippen LogP contribution is 2.36. The molecule has 4 rings (SSSR count). The minimum Gasteiger partial charge on any atom is -0.484 e. The van der Waals surface area contributed by atoms with E-state index in [1.54, 1.807) is 48.5 Å². The molecule has 9 heteroatoms. The van der Waals surface area contributed by atoms with Crippen LogP contribution in [0.5, 0.6) is 5.75 Å². The van der Waals surface area contributed by atoms with Gasteiger partial charge in [0.2, 0.25) is 0 Å². The van der Waals surface area contributed by atoms with Gasteiger partial charge in [0.1, 0.15) is 5.75 Å². The molecule has 1 heterocycles. The minimum absolute atomic E-state index is 0.156. The van der Waals surface area contributed by atoms with E-state index >= 15 is 0 Å². The van der Waals surface area contributed by atoms with Crippen LogP contribution in [0.1, 0.15) is 5.56 Å². The highest BCUT2D eigenvalue weighted by atomic mass is 35.5. The summed E-state index contributed by atoms with van der Waals surface area (Å²) >= 11 is 12.6. The van der Waals surface area contributed by atoms with Crippen molar-refractivity contribution in [1.82, 2.24) is 0 Å². The molecule has 178 valence electrons. The zero-order chi connectivity index (χ0) is 24.9. The van der Waals surface area contributed by atoms with Gasteiger partial charge in [0.25, 0.3) is 11.8 Å². The van der Waals surface area contributed by atoms with Gasteiger partial charge in [-0.05, 0) is 72.3 Å². The number of thioether (sulfide) groups is 1. The number of halogens is 1. The van der Waals surface area contributed by atoms with Gasteiger partial charge in [-0.15, -0.1) is 0 Å². The first kappa shape index (κ1) is 24.8. The van der Waals surface area contributed by atoms with Gasteiger partial charge in [0.05, 0.1) is 10.6 Å². The fourth-order valence-corrected chi connectivity index (χ4v) is 4.74. The second-order valence-corrected chi connectivity index (χ2v) is 9.96. The molecule has 1 aliphatic rings. The number of carbonyl (C=O) groups is 2. The number of nitrogens with zero attached hydrogens (tertiary/aromatic N) is 2. The first-order valence-corrected chi connectivity index (χ1v) is 12.2. The number of thiocarbonyl (C=S) groups is 1. The van der Waals surface area contributed by atoms with Gasteiger partial charge in [0.15, 0.2) is 10.9 Å². The summed E-state index contributed by atoms with van der Waals surface area (Å²) in [6.07, 6.45) is 1.77. The van der Waals surface area contributed by atoms with E-state index < -0.39 is 0 Å². The molecule has 2 amide bonds. The zero-order valence-electron chi connectivity index (χ0n) is 19.0. The topological polar surface area (TPSA) is 61.9 Å². The van der Waals surface area contributed by atoms with Crippen LogP contribution in [-0.2, 0) is 9.59 Å². The number of amides is 2. The lowest BCUT2D eigenvalue weighted by molar-refractivity contribution is -0.118. The van der Waals surface area contributed by atoms with Crippen LogP contribution in [0.4, 0.5) is 17.1 Å². The molecule has 0 aromatic heterocycles. The van der Waals surface area contributed by atoms with Crippen LogP contribution in [0, 0.1) is 0 Å². The van der Waals surface area contributed by atoms with Crippen molar-refractivity contribution in [3.63, 3.8) is 0 Å². The largest absolute Gasteiger partial charge is 0.484 e. The summed E-state index contributed by atoms with van der Waals surface area (Å²) < 4.78 is 6.12. The summed E-state index contributed by atoms with van der Waals surface area (Å²) in [7, 11) is 3.92. The number of carbonyl (C=O) groups excluding carboxylic acids is 2. The van der Waals surface area contributed by atoms with E-state index in [1.165, 1.54) is 16.7 Å². The van der Waals surface area contributed by atoms with Crippen molar-refractivity contribution in [3.8, 4) is 5.75 Å². The van der Waals surface area contributed by atoms with Gasteiger partial charge < -0.3 is 15.0 Å². The molecule has 0 aliphatic carbocycles. The van der Waals surface area contributed by atoms with E-state index in [9.17, 15) is 9.59 Å². The Hall–Kier alpha value is -3.33. The van der Waals surface area contributed by atoms with Crippen molar-refractivity contribution < 1.29 is 14.3 Å². The number of benzene rings is 3. The van der Waals surface area contributed by atoms with Crippen molar-refractivity contribution >= 4 is 74.9 Å². The van der Waals surface area contributed by atoms with Crippen molar-refractivity contribution in [2.45, 2.75) is 0 Å². The van der Waals surface area contributed by atoms with Crippen molar-refractivity contribution in [1.29, 1.82) is 0 Å². The molecule has 3 aromatic rings. The Kier molecular flexibility index (Phi) is 7.75. The highest BCUT2D eigenvalue weighted by molar-refractivity contribution is 8.27. The molecular weight excluding hydrogens is 502 g/mol. The lowest BCUT2D eigenvalue weighted by atomic mass is 10.2. The van der Waals surface area contributed by atoms with E-state index in [2.05, 4.69) is 5.32 Å². The molecule has 1 aliphatic heterocycles. The maximum absolute atomic E-state index is 13.1. The lowest BCUT2D eigenvalue weighted by Gasteiger charge is -2.17. The number of hydrogen-bond donors (Lipinski definition) is 1. The van der Waals surface area contributed by atoms with Gasteiger partial charge in [-0.25, -0.2) is 0 Å². The molecule has 0 atom stereocenters. The number of hydrogen-bond acceptors (Lipinski definition) is 6. The van der Waals surface area contributed by atoms with Crippen LogP contribution < -0.4 is 19.9 Å². The molecule has 1 saturated heterocycles. The van der Waals surface area contributed by atoms with E-state index in [-0.39, 0.29) is 18.4 Å². The van der Waals surface area contributed by atoms with Gasteiger partial charge in [-0.1, -0.05) is 47.7 Å². The van der Waals surface area contributed by atoms with Crippen LogP contribution in [0.3, 0.4) is 0 Å². The number of nitrogens with one attached hydrogen (secondary N) is 1. The Labute approximate surface area is 218 Å². The summed E-state index contributed by atoms with van der Waals surface area (Å²) in [5, 5.41) is 3.34. The molecule has 6 nitrogen and oxygen atoms in total. The average molecular weight is 524 g/mol. The second kappa shape index (κ2) is 10.9. The molecule has 35 heavy (non-hydrogen) atoms. The molecule has 0 spiro atoms. The molecule has 0 unspecified atom stereocenters. The van der Waals surface area contributed by atoms with Crippen LogP contribution in [0.25, 0.3) is 6.08 Å². The summed E-state index contributed by atoms with van der Waals surface area (Å²) in [6, 6.07) is 21.7. The van der Waals surface area contributed by atoms with Gasteiger partial charge >= 0.3 is 0 Å². The fraction of sp³-hybridized carbons (Fsp3) is 0.115. The lowest BCUT2D eigenvalue weighted by Crippen LogP contribution is -2.27. The predicted octanol–water partition coefficient (Wildman–Crippen LogP) is 5.83. The third-order valence-electron chi connectivity index (χ3n) is 5.07. The fourth-order valence-electron chi connectivity index (χ4n) is 3.31. The van der Waals surface area contributed by atoms with Crippen molar-refractivity contribution in [2.75, 3.05) is 35.8 Å². The normalized spacial score (nSPS) is 14.4. The Morgan fingerprint density at radius 1 is 1.11 bits per heavy atom. The van der Waals surface area contributed by atoms with E-state index in [0.717, 1.165) is 16.9 Å². The van der Waals surface area contributed by atoms with E-state index in [0.29, 0.717) is 25.7 Å². The highest BCUT2D eigenvalue weighted by Gasteiger charge is 2.33. The van der Waals surface area contributed by atoms with E-state index in [4.69, 9.17) is 28.6 Å². The molecule has 0 saturated carbocycles. The maximum Gasteiger partial charge on any atom is 0.270 e. The van der Waals surface area contributed by atoms with E-state index in [1.807, 2.05) is 49.3 Å². The quantitative estimate of drug-likeness (QED) is 0.310. The average Bonchev–Trinajstić information content (AvgIpc) is 3.12. The standard InChI is InChI=1S/C26H22ClN3O3S2/c1-29(2)20-10-12-21(13-11-20)30-25(32)23(35-26(30)34)15-17-4-3-5-22(14-17)33-16-24(31)28-19-8-6-18(27)7-9-19/h3-15H,16H2,1-2H3,(H,28,31)/b23-15-. The smallest absolute Gasteiger partial charge is 0.270 e. The molecule has 3 aromatic carbocycles. The summed E-state index contributed by atoms with van der Waals surface area (Å²) in [5.74, 6) is 0.0462. The van der Waals surface area contributed by atoms with Gasteiger partial charge in [0, 0.05) is 30.5 Å². The number of anilines is 3. The summed E-state index contributed by atoms with van der Waals surface area (Å²) in [5.41, 5.74) is 3.16. The monoisotopic (exact) mass is 523 g/mol. The Morgan fingerprint density at radius 2 is 1.83 bits per heavy atom. The SMILES string of the molecule is CN(C)c1ccc(N2C(=O)/C(=C/c3cccc(OCC(=O)Nc4ccc(Cl)cc4)c3)SC2=S)cc1. The van der Waals surface area contributed by atoms with Crippen LogP contribution in [0.15, 0.2) is 77.7 Å². The third-order valence-corrected chi connectivity index (χ3v) is 6.63. The van der Waals surface area contributed by atoms with Crippen LogP contribution >= 0.6 is 35.6 Å². The van der Waals surface area contributed by atoms with Crippen molar-refractivity contribution in [2.24, 2.45) is 0 Å². The van der Waals surface area contributed by atoms with Crippen molar-refractivity contribution in [3.05, 3.63) is 88.3 Å². The summed E-state index contributed by atoms with van der Waals surface area (Å²) in [4.78, 5) is 29.3. The summed E-state index contributed by atoms with van der Waals surface area (Å²) in [6.45, 7) is -0.156. The first-order valence-electron chi connectivity index (χ1n) is 10.6. The number of rotatable bonds is 7. The molecule has 0 radical (unpaired) electrons. The maximum atomic E-state index is 13.1. The minimum atomic E-state index is -0.293. The second-order valence-electron chi connectivity index (χ2n) is 7.84. The predicted molar refractivity (Wildman–Crippen MR) is 148 cm³/mol. The van der Waals surface area contributed by atoms with Gasteiger partial charge in [-0.2, -0.15) is 0 Å². The van der Waals surface area contributed by atoms with Gasteiger partial charge in [-0.3, -0.25) is 14.5 Å². The first-order chi connectivity index (χ1) is 16.8. The Morgan fingerprint density at radius 3 is 2.51 bits per heavy atom. The van der Waals surface area contributed by atoms with Crippen LogP contribution in [0.2, 0.25) is 5.02 Å². The van der Waals surface area contributed by atoms with Crippen LogP contribution in [-0.4, -0.2) is 36.8 Å². The third kappa shape index (κ3) is 6.22.